The number of rotatable bonds is 3. The molecular weight excluding hydrogens is 219 g/mol. The minimum atomic E-state index is -0.330. The Balaban J connectivity index is 2.82. The lowest BCUT2D eigenvalue weighted by Crippen LogP contribution is -2.01. The fourth-order valence-corrected chi connectivity index (χ4v) is 1.91. The highest BCUT2D eigenvalue weighted by Crippen LogP contribution is 2.33. The van der Waals surface area contributed by atoms with Gasteiger partial charge in [-0.15, -0.1) is 0 Å². The van der Waals surface area contributed by atoms with Gasteiger partial charge in [0.2, 0.25) is 0 Å². The minimum Gasteiger partial charge on any atom is -0.496 e. The number of aryl methyl sites for hydroxylation is 1. The molecule has 0 bridgehead atoms. The van der Waals surface area contributed by atoms with E-state index in [1.54, 1.807) is 13.2 Å². The Kier molecular flexibility index (Phi) is 3.13. The van der Waals surface area contributed by atoms with Crippen molar-refractivity contribution in [3.63, 3.8) is 0 Å². The first-order valence-corrected chi connectivity index (χ1v) is 5.55. The largest absolute Gasteiger partial charge is 0.496 e. The number of aromatic nitrogens is 1. The van der Waals surface area contributed by atoms with Gasteiger partial charge in [0, 0.05) is 17.9 Å². The van der Waals surface area contributed by atoms with E-state index in [9.17, 15) is 4.39 Å². The van der Waals surface area contributed by atoms with Crippen LogP contribution in [0, 0.1) is 12.7 Å². The number of hydrogen-bond acceptors (Lipinski definition) is 3. The molecular formula is C13H15FN2O. The summed E-state index contributed by atoms with van der Waals surface area (Å²) >= 11 is 0. The molecule has 0 atom stereocenters. The maximum atomic E-state index is 13.8. The molecule has 0 radical (unpaired) electrons. The summed E-state index contributed by atoms with van der Waals surface area (Å²) in [5.74, 6) is 0.300. The first-order chi connectivity index (χ1) is 8.17. The zero-order valence-electron chi connectivity index (χ0n) is 10.2. The summed E-state index contributed by atoms with van der Waals surface area (Å²) in [6.45, 7) is 4.60. The van der Waals surface area contributed by atoms with E-state index >= 15 is 0 Å². The average molecular weight is 234 g/mol. The standard InChI is InChI=1S/C13H15FN2O/c1-4-15-10-7-8(2)16-13-9(14)5-6-11(17-3)12(10)13/h5-7H,4H2,1-3H3,(H,15,16). The van der Waals surface area contributed by atoms with Gasteiger partial charge in [0.1, 0.15) is 17.1 Å². The zero-order valence-corrected chi connectivity index (χ0v) is 10.2. The van der Waals surface area contributed by atoms with Crippen LogP contribution in [0.2, 0.25) is 0 Å². The molecule has 90 valence electrons. The number of pyridine rings is 1. The SMILES string of the molecule is CCNc1cc(C)nc2c(F)ccc(OC)c12. The van der Waals surface area contributed by atoms with Gasteiger partial charge in [0.05, 0.1) is 12.5 Å². The second kappa shape index (κ2) is 4.57. The van der Waals surface area contributed by atoms with E-state index in [4.69, 9.17) is 4.74 Å². The zero-order chi connectivity index (χ0) is 12.4. The van der Waals surface area contributed by atoms with E-state index < -0.39 is 0 Å². The summed E-state index contributed by atoms with van der Waals surface area (Å²) in [7, 11) is 1.57. The summed E-state index contributed by atoms with van der Waals surface area (Å²) in [6.07, 6.45) is 0. The number of benzene rings is 1. The third-order valence-electron chi connectivity index (χ3n) is 2.59. The van der Waals surface area contributed by atoms with Crippen LogP contribution in [-0.4, -0.2) is 18.6 Å². The van der Waals surface area contributed by atoms with E-state index in [1.165, 1.54) is 6.07 Å². The number of nitrogens with zero attached hydrogens (tertiary/aromatic N) is 1. The number of hydrogen-bond donors (Lipinski definition) is 1. The summed E-state index contributed by atoms with van der Waals surface area (Å²) in [5, 5.41) is 3.90. The van der Waals surface area contributed by atoms with Crippen molar-refractivity contribution in [1.29, 1.82) is 0 Å². The molecule has 0 amide bonds. The molecule has 0 aliphatic rings. The predicted octanol–water partition coefficient (Wildman–Crippen LogP) is 3.12. The lowest BCUT2D eigenvalue weighted by Gasteiger charge is -2.12. The van der Waals surface area contributed by atoms with Crippen molar-refractivity contribution in [1.82, 2.24) is 4.98 Å². The molecule has 17 heavy (non-hydrogen) atoms. The third-order valence-corrected chi connectivity index (χ3v) is 2.59. The van der Waals surface area contributed by atoms with Gasteiger partial charge in [-0.2, -0.15) is 0 Å². The van der Waals surface area contributed by atoms with Crippen molar-refractivity contribution in [3.05, 3.63) is 29.7 Å². The predicted molar refractivity (Wildman–Crippen MR) is 67.2 cm³/mol. The second-order valence-electron chi connectivity index (χ2n) is 3.81. The van der Waals surface area contributed by atoms with E-state index in [2.05, 4.69) is 10.3 Å². The van der Waals surface area contributed by atoms with Gasteiger partial charge in [-0.3, -0.25) is 0 Å². The van der Waals surface area contributed by atoms with Crippen LogP contribution in [0.15, 0.2) is 18.2 Å². The van der Waals surface area contributed by atoms with Crippen molar-refractivity contribution in [2.75, 3.05) is 19.0 Å². The number of ether oxygens (including phenoxy) is 1. The fourth-order valence-electron chi connectivity index (χ4n) is 1.91. The van der Waals surface area contributed by atoms with Crippen molar-refractivity contribution < 1.29 is 9.13 Å². The maximum Gasteiger partial charge on any atom is 0.149 e. The molecule has 0 fully saturated rings. The lowest BCUT2D eigenvalue weighted by atomic mass is 10.1. The molecule has 2 aromatic rings. The van der Waals surface area contributed by atoms with Gasteiger partial charge in [-0.05, 0) is 32.0 Å². The van der Waals surface area contributed by atoms with Crippen molar-refractivity contribution in [2.45, 2.75) is 13.8 Å². The highest BCUT2D eigenvalue weighted by molar-refractivity contribution is 5.97. The van der Waals surface area contributed by atoms with Gasteiger partial charge < -0.3 is 10.1 Å². The van der Waals surface area contributed by atoms with Crippen LogP contribution in [0.4, 0.5) is 10.1 Å². The first kappa shape index (κ1) is 11.6. The molecule has 1 heterocycles. The fraction of sp³-hybridized carbons (Fsp3) is 0.308. The highest BCUT2D eigenvalue weighted by Gasteiger charge is 2.12. The van der Waals surface area contributed by atoms with E-state index in [0.717, 1.165) is 17.9 Å². The summed E-state index contributed by atoms with van der Waals surface area (Å²) in [4.78, 5) is 4.23. The molecule has 4 heteroatoms. The summed E-state index contributed by atoms with van der Waals surface area (Å²) in [6, 6.07) is 4.90. The topological polar surface area (TPSA) is 34.2 Å². The molecule has 0 spiro atoms. The molecule has 3 nitrogen and oxygen atoms in total. The van der Waals surface area contributed by atoms with Crippen LogP contribution in [-0.2, 0) is 0 Å². The van der Waals surface area contributed by atoms with Crippen LogP contribution < -0.4 is 10.1 Å². The van der Waals surface area contributed by atoms with Gasteiger partial charge in [-0.1, -0.05) is 0 Å². The average Bonchev–Trinajstić information content (AvgIpc) is 2.31. The van der Waals surface area contributed by atoms with Crippen LogP contribution in [0.25, 0.3) is 10.9 Å². The number of anilines is 1. The van der Waals surface area contributed by atoms with Gasteiger partial charge in [0.15, 0.2) is 0 Å². The number of nitrogens with one attached hydrogen (secondary N) is 1. The van der Waals surface area contributed by atoms with E-state index in [-0.39, 0.29) is 5.82 Å². The van der Waals surface area contributed by atoms with Crippen LogP contribution >= 0.6 is 0 Å². The van der Waals surface area contributed by atoms with Crippen LogP contribution in [0.5, 0.6) is 5.75 Å². The molecule has 1 N–H and O–H groups in total. The smallest absolute Gasteiger partial charge is 0.149 e. The quantitative estimate of drug-likeness (QED) is 0.886. The lowest BCUT2D eigenvalue weighted by molar-refractivity contribution is 0.419. The minimum absolute atomic E-state index is 0.330. The normalized spacial score (nSPS) is 10.6. The van der Waals surface area contributed by atoms with Gasteiger partial charge in [-0.25, -0.2) is 9.37 Å². The van der Waals surface area contributed by atoms with Gasteiger partial charge >= 0.3 is 0 Å². The molecule has 0 aliphatic carbocycles. The van der Waals surface area contributed by atoms with Crippen molar-refractivity contribution >= 4 is 16.6 Å². The van der Waals surface area contributed by atoms with Crippen molar-refractivity contribution in [3.8, 4) is 5.75 Å². The third kappa shape index (κ3) is 2.02. The molecule has 0 saturated heterocycles. The first-order valence-electron chi connectivity index (χ1n) is 5.55. The summed E-state index contributed by atoms with van der Waals surface area (Å²) in [5.41, 5.74) is 1.98. The van der Waals surface area contributed by atoms with Crippen LogP contribution in [0.3, 0.4) is 0 Å². The second-order valence-corrected chi connectivity index (χ2v) is 3.81. The molecule has 0 saturated carbocycles. The number of fused-ring (bicyclic) bond motifs is 1. The molecule has 0 aliphatic heterocycles. The van der Waals surface area contributed by atoms with Crippen molar-refractivity contribution in [2.24, 2.45) is 0 Å². The Morgan fingerprint density at radius 3 is 2.82 bits per heavy atom. The summed E-state index contributed by atoms with van der Waals surface area (Å²) < 4.78 is 19.0. The van der Waals surface area contributed by atoms with E-state index in [1.807, 2.05) is 19.9 Å². The Labute approximate surface area is 99.6 Å². The molecule has 0 unspecified atom stereocenters. The Morgan fingerprint density at radius 1 is 1.41 bits per heavy atom. The Hall–Kier alpha value is -1.84. The van der Waals surface area contributed by atoms with Gasteiger partial charge in [0.25, 0.3) is 0 Å². The monoisotopic (exact) mass is 234 g/mol. The molecule has 1 aromatic heterocycles. The molecule has 2 rings (SSSR count). The number of halogens is 1. The van der Waals surface area contributed by atoms with Crippen LogP contribution in [0.1, 0.15) is 12.6 Å². The highest BCUT2D eigenvalue weighted by atomic mass is 19.1. The maximum absolute atomic E-state index is 13.8. The molecule has 1 aromatic carbocycles. The Morgan fingerprint density at radius 2 is 2.18 bits per heavy atom. The Bertz CT molecular complexity index is 555. The van der Waals surface area contributed by atoms with E-state index in [0.29, 0.717) is 16.7 Å². The number of methoxy groups -OCH3 is 1.